The standard InChI is InChI=1S/C22H25NO2/c1-5-6-9-22-11-7-17-20(2,3)19(25)8-10-21(17,4)18(22)12-16(24)15(13-22)14-23/h12-13,17H,5,7-8,10-11H2,1-4H3. The Hall–Kier alpha value is -2.13. The van der Waals surface area contributed by atoms with E-state index in [-0.39, 0.29) is 28.1 Å². The minimum atomic E-state index is -0.531. The van der Waals surface area contributed by atoms with Crippen LogP contribution in [0, 0.1) is 45.3 Å². The monoisotopic (exact) mass is 335 g/mol. The molecule has 3 heteroatoms. The molecule has 0 spiro atoms. The van der Waals surface area contributed by atoms with Gasteiger partial charge in [0.2, 0.25) is 0 Å². The number of nitrogens with zero attached hydrogens (tertiary/aromatic N) is 1. The number of hydrogen-bond acceptors (Lipinski definition) is 3. The van der Waals surface area contributed by atoms with Crippen molar-refractivity contribution >= 4 is 11.6 Å². The Kier molecular flexibility index (Phi) is 4.03. The third-order valence-electron chi connectivity index (χ3n) is 6.69. The number of allylic oxidation sites excluding steroid dienone is 4. The van der Waals surface area contributed by atoms with Gasteiger partial charge in [-0.05, 0) is 48.3 Å². The van der Waals surface area contributed by atoms with Gasteiger partial charge < -0.3 is 0 Å². The molecular formula is C22H25NO2. The zero-order valence-electron chi connectivity index (χ0n) is 15.5. The Morgan fingerprint density at radius 1 is 1.24 bits per heavy atom. The highest BCUT2D eigenvalue weighted by Crippen LogP contribution is 2.64. The highest BCUT2D eigenvalue weighted by atomic mass is 16.1. The summed E-state index contributed by atoms with van der Waals surface area (Å²) in [5.41, 5.74) is 0.0756. The summed E-state index contributed by atoms with van der Waals surface area (Å²) in [5.74, 6) is 6.87. The van der Waals surface area contributed by atoms with Crippen LogP contribution in [-0.2, 0) is 9.59 Å². The predicted molar refractivity (Wildman–Crippen MR) is 96.1 cm³/mol. The first-order valence-corrected chi connectivity index (χ1v) is 9.14. The summed E-state index contributed by atoms with van der Waals surface area (Å²) in [6.07, 6.45) is 7.15. The molecule has 0 aromatic rings. The van der Waals surface area contributed by atoms with Crippen LogP contribution in [0.3, 0.4) is 0 Å². The Morgan fingerprint density at radius 2 is 1.96 bits per heavy atom. The summed E-state index contributed by atoms with van der Waals surface area (Å²) in [4.78, 5) is 25.0. The summed E-state index contributed by atoms with van der Waals surface area (Å²) in [5, 5.41) is 9.34. The maximum Gasteiger partial charge on any atom is 0.196 e. The van der Waals surface area contributed by atoms with Crippen molar-refractivity contribution in [2.24, 2.45) is 22.2 Å². The number of Topliss-reactive ketones (excluding diaryl/α,β-unsaturated/α-hetero) is 1. The summed E-state index contributed by atoms with van der Waals surface area (Å²) in [6, 6.07) is 2.04. The average Bonchev–Trinajstić information content (AvgIpc) is 2.57. The van der Waals surface area contributed by atoms with Gasteiger partial charge in [0.15, 0.2) is 5.78 Å². The average molecular weight is 335 g/mol. The maximum atomic E-state index is 12.5. The van der Waals surface area contributed by atoms with Crippen molar-refractivity contribution in [2.45, 2.75) is 59.8 Å². The molecular weight excluding hydrogens is 310 g/mol. The normalized spacial score (nSPS) is 36.0. The van der Waals surface area contributed by atoms with Gasteiger partial charge >= 0.3 is 0 Å². The molecule has 25 heavy (non-hydrogen) atoms. The van der Waals surface area contributed by atoms with Gasteiger partial charge in [-0.1, -0.05) is 33.6 Å². The number of rotatable bonds is 0. The van der Waals surface area contributed by atoms with Crippen molar-refractivity contribution < 1.29 is 9.59 Å². The molecule has 3 aliphatic carbocycles. The SMILES string of the molecule is CCC#CC12C=C(C#N)C(=O)C=C1C1(C)CCC(=O)C(C)(C)C1CC2. The van der Waals surface area contributed by atoms with Crippen LogP contribution in [0.25, 0.3) is 0 Å². The number of carbonyl (C=O) groups is 2. The highest BCUT2D eigenvalue weighted by Gasteiger charge is 2.59. The molecule has 0 bridgehead atoms. The van der Waals surface area contributed by atoms with Crippen LogP contribution in [0.1, 0.15) is 59.8 Å². The second kappa shape index (κ2) is 5.70. The number of hydrogen-bond donors (Lipinski definition) is 0. The van der Waals surface area contributed by atoms with Crippen LogP contribution in [0.2, 0.25) is 0 Å². The Bertz CT molecular complexity index is 811. The van der Waals surface area contributed by atoms with E-state index >= 15 is 0 Å². The van der Waals surface area contributed by atoms with E-state index in [4.69, 9.17) is 0 Å². The van der Waals surface area contributed by atoms with E-state index in [0.29, 0.717) is 12.2 Å². The van der Waals surface area contributed by atoms with Crippen molar-refractivity contribution in [3.8, 4) is 17.9 Å². The van der Waals surface area contributed by atoms with Gasteiger partial charge in [-0.3, -0.25) is 9.59 Å². The number of fused-ring (bicyclic) bond motifs is 3. The third kappa shape index (κ3) is 2.41. The summed E-state index contributed by atoms with van der Waals surface area (Å²) in [6.45, 7) is 8.29. The molecule has 2 fully saturated rings. The van der Waals surface area contributed by atoms with Crippen molar-refractivity contribution in [3.63, 3.8) is 0 Å². The van der Waals surface area contributed by atoms with Crippen molar-refractivity contribution in [3.05, 3.63) is 23.3 Å². The van der Waals surface area contributed by atoms with Crippen LogP contribution in [0.5, 0.6) is 0 Å². The fourth-order valence-corrected chi connectivity index (χ4v) is 5.35. The zero-order valence-corrected chi connectivity index (χ0v) is 15.5. The summed E-state index contributed by atoms with van der Waals surface area (Å²) >= 11 is 0. The maximum absolute atomic E-state index is 12.5. The number of nitriles is 1. The lowest BCUT2D eigenvalue weighted by Crippen LogP contribution is -2.54. The molecule has 0 N–H and O–H groups in total. The molecule has 3 unspecified atom stereocenters. The highest BCUT2D eigenvalue weighted by molar-refractivity contribution is 6.09. The molecule has 0 aromatic carbocycles. The molecule has 0 aliphatic heterocycles. The minimum Gasteiger partial charge on any atom is -0.299 e. The van der Waals surface area contributed by atoms with E-state index in [1.807, 2.05) is 26.8 Å². The van der Waals surface area contributed by atoms with E-state index in [1.54, 1.807) is 12.2 Å². The molecule has 0 saturated heterocycles. The summed E-state index contributed by atoms with van der Waals surface area (Å²) < 4.78 is 0. The lowest BCUT2D eigenvalue weighted by Gasteiger charge is -2.58. The van der Waals surface area contributed by atoms with E-state index < -0.39 is 5.41 Å². The Balaban J connectivity index is 2.19. The molecule has 3 aliphatic rings. The fraction of sp³-hybridized carbons (Fsp3) is 0.591. The Labute approximate surface area is 150 Å². The van der Waals surface area contributed by atoms with Crippen LogP contribution in [0.15, 0.2) is 23.3 Å². The first-order chi connectivity index (χ1) is 11.7. The zero-order chi connectivity index (χ0) is 18.5. The van der Waals surface area contributed by atoms with Gasteiger partial charge in [0, 0.05) is 18.3 Å². The van der Waals surface area contributed by atoms with E-state index in [1.165, 1.54) is 0 Å². The largest absolute Gasteiger partial charge is 0.299 e. The molecule has 0 radical (unpaired) electrons. The molecule has 130 valence electrons. The van der Waals surface area contributed by atoms with Gasteiger partial charge in [0.25, 0.3) is 0 Å². The van der Waals surface area contributed by atoms with Crippen molar-refractivity contribution in [2.75, 3.05) is 0 Å². The molecule has 3 nitrogen and oxygen atoms in total. The quantitative estimate of drug-likeness (QED) is 0.625. The minimum absolute atomic E-state index is 0.197. The van der Waals surface area contributed by atoms with E-state index in [2.05, 4.69) is 18.8 Å². The lowest BCUT2D eigenvalue weighted by atomic mass is 9.44. The first kappa shape index (κ1) is 17.7. The molecule has 3 rings (SSSR count). The van der Waals surface area contributed by atoms with Gasteiger partial charge in [-0.2, -0.15) is 5.26 Å². The lowest BCUT2D eigenvalue weighted by molar-refractivity contribution is -0.140. The van der Waals surface area contributed by atoms with E-state index in [9.17, 15) is 14.9 Å². The number of ketones is 2. The third-order valence-corrected chi connectivity index (χ3v) is 6.69. The molecule has 0 heterocycles. The van der Waals surface area contributed by atoms with Gasteiger partial charge in [-0.15, -0.1) is 5.92 Å². The Morgan fingerprint density at radius 3 is 2.60 bits per heavy atom. The van der Waals surface area contributed by atoms with Crippen LogP contribution in [0.4, 0.5) is 0 Å². The molecule has 0 aromatic heterocycles. The second-order valence-electron chi connectivity index (χ2n) is 8.37. The smallest absolute Gasteiger partial charge is 0.196 e. The molecule has 0 amide bonds. The molecule has 3 atom stereocenters. The van der Waals surface area contributed by atoms with Crippen molar-refractivity contribution in [1.29, 1.82) is 5.26 Å². The van der Waals surface area contributed by atoms with Gasteiger partial charge in [-0.25, -0.2) is 0 Å². The first-order valence-electron chi connectivity index (χ1n) is 9.14. The van der Waals surface area contributed by atoms with E-state index in [0.717, 1.165) is 31.3 Å². The fourth-order valence-electron chi connectivity index (χ4n) is 5.35. The second-order valence-corrected chi connectivity index (χ2v) is 8.37. The topological polar surface area (TPSA) is 57.9 Å². The number of carbonyl (C=O) groups excluding carboxylic acids is 2. The van der Waals surface area contributed by atoms with Crippen LogP contribution < -0.4 is 0 Å². The predicted octanol–water partition coefficient (Wildman–Crippen LogP) is 4.15. The summed E-state index contributed by atoms with van der Waals surface area (Å²) in [7, 11) is 0. The van der Waals surface area contributed by atoms with Gasteiger partial charge in [0.1, 0.15) is 11.9 Å². The van der Waals surface area contributed by atoms with Crippen LogP contribution in [-0.4, -0.2) is 11.6 Å². The van der Waals surface area contributed by atoms with Crippen molar-refractivity contribution in [1.82, 2.24) is 0 Å². The van der Waals surface area contributed by atoms with Crippen LogP contribution >= 0.6 is 0 Å². The van der Waals surface area contributed by atoms with Gasteiger partial charge in [0.05, 0.1) is 11.0 Å². The molecule has 2 saturated carbocycles.